The molecular weight excluding hydrogens is 352 g/mol. The SMILES string of the molecule is CN(CC(=O)O)C1CCCN(CCCOCCc2ccccc2)CC1.Cl. The van der Waals surface area contributed by atoms with Crippen molar-refractivity contribution in [1.82, 2.24) is 9.80 Å². The van der Waals surface area contributed by atoms with Crippen LogP contribution >= 0.6 is 12.4 Å². The van der Waals surface area contributed by atoms with Gasteiger partial charge in [-0.15, -0.1) is 12.4 Å². The zero-order valence-corrected chi connectivity index (χ0v) is 16.6. The number of rotatable bonds is 10. The summed E-state index contributed by atoms with van der Waals surface area (Å²) in [5.74, 6) is -0.740. The van der Waals surface area contributed by atoms with Gasteiger partial charge < -0.3 is 14.7 Å². The van der Waals surface area contributed by atoms with Crippen molar-refractivity contribution in [2.45, 2.75) is 38.1 Å². The van der Waals surface area contributed by atoms with Crippen molar-refractivity contribution in [3.8, 4) is 0 Å². The summed E-state index contributed by atoms with van der Waals surface area (Å²) >= 11 is 0. The number of carboxylic acid groups (broad SMARTS) is 1. The van der Waals surface area contributed by atoms with Gasteiger partial charge in [0.05, 0.1) is 13.2 Å². The van der Waals surface area contributed by atoms with Gasteiger partial charge in [-0.05, 0) is 57.8 Å². The number of halogens is 1. The number of carbonyl (C=O) groups is 1. The van der Waals surface area contributed by atoms with Crippen LogP contribution in [0.4, 0.5) is 0 Å². The molecule has 0 spiro atoms. The second kappa shape index (κ2) is 13.1. The molecule has 1 fully saturated rings. The molecule has 1 N–H and O–H groups in total. The maximum absolute atomic E-state index is 10.9. The van der Waals surface area contributed by atoms with Gasteiger partial charge in [0.25, 0.3) is 0 Å². The first-order valence-electron chi connectivity index (χ1n) is 9.41. The standard InChI is InChI=1S/C20H32N2O3.ClH/c1-21(17-20(23)24)19-9-5-12-22(14-10-19)13-6-15-25-16-11-18-7-3-2-4-8-18;/h2-4,7-8,19H,5-6,9-17H2,1H3,(H,23,24);1H. The summed E-state index contributed by atoms with van der Waals surface area (Å²) in [6, 6.07) is 10.8. The lowest BCUT2D eigenvalue weighted by Gasteiger charge is -2.25. The van der Waals surface area contributed by atoms with Crippen LogP contribution in [0.2, 0.25) is 0 Å². The third-order valence-corrected chi connectivity index (χ3v) is 4.94. The Morgan fingerprint density at radius 1 is 1.23 bits per heavy atom. The summed E-state index contributed by atoms with van der Waals surface area (Å²) < 4.78 is 5.76. The van der Waals surface area contributed by atoms with E-state index in [0.717, 1.165) is 65.0 Å². The van der Waals surface area contributed by atoms with Gasteiger partial charge >= 0.3 is 5.97 Å². The first-order valence-corrected chi connectivity index (χ1v) is 9.41. The fraction of sp³-hybridized carbons (Fsp3) is 0.650. The van der Waals surface area contributed by atoms with Gasteiger partial charge in [0.2, 0.25) is 0 Å². The van der Waals surface area contributed by atoms with E-state index in [1.54, 1.807) is 0 Å². The molecule has 1 aromatic rings. The van der Waals surface area contributed by atoms with E-state index in [9.17, 15) is 4.79 Å². The van der Waals surface area contributed by atoms with E-state index >= 15 is 0 Å². The molecule has 1 unspecified atom stereocenters. The Hall–Kier alpha value is -1.14. The Balaban J connectivity index is 0.00000338. The molecule has 1 atom stereocenters. The molecule has 1 heterocycles. The molecule has 0 radical (unpaired) electrons. The van der Waals surface area contributed by atoms with Crippen molar-refractivity contribution < 1.29 is 14.6 Å². The van der Waals surface area contributed by atoms with Crippen LogP contribution in [-0.2, 0) is 16.0 Å². The molecule has 5 nitrogen and oxygen atoms in total. The van der Waals surface area contributed by atoms with E-state index in [1.807, 2.05) is 18.0 Å². The monoisotopic (exact) mass is 384 g/mol. The number of likely N-dealkylation sites (N-methyl/N-ethyl adjacent to an activating group) is 1. The van der Waals surface area contributed by atoms with Crippen LogP contribution in [0.25, 0.3) is 0 Å². The van der Waals surface area contributed by atoms with Gasteiger partial charge in [0.15, 0.2) is 0 Å². The highest BCUT2D eigenvalue weighted by atomic mass is 35.5. The summed E-state index contributed by atoms with van der Waals surface area (Å²) in [7, 11) is 1.93. The first-order chi connectivity index (χ1) is 12.1. The lowest BCUT2D eigenvalue weighted by atomic mass is 10.1. The molecule has 0 amide bonds. The Morgan fingerprint density at radius 3 is 2.73 bits per heavy atom. The largest absolute Gasteiger partial charge is 0.480 e. The summed E-state index contributed by atoms with van der Waals surface area (Å²) in [6.07, 6.45) is 5.32. The van der Waals surface area contributed by atoms with Crippen molar-refractivity contribution in [2.24, 2.45) is 0 Å². The molecular formula is C20H33ClN2O3. The molecule has 0 saturated carbocycles. The summed E-state index contributed by atoms with van der Waals surface area (Å²) in [4.78, 5) is 15.3. The smallest absolute Gasteiger partial charge is 0.317 e. The lowest BCUT2D eigenvalue weighted by Crippen LogP contribution is -2.36. The zero-order valence-electron chi connectivity index (χ0n) is 15.8. The van der Waals surface area contributed by atoms with Crippen molar-refractivity contribution >= 4 is 18.4 Å². The van der Waals surface area contributed by atoms with E-state index in [0.29, 0.717) is 6.04 Å². The predicted molar refractivity (Wildman–Crippen MR) is 107 cm³/mol. The average molecular weight is 385 g/mol. The Morgan fingerprint density at radius 2 is 2.00 bits per heavy atom. The van der Waals surface area contributed by atoms with Crippen LogP contribution in [0, 0.1) is 0 Å². The number of nitrogens with zero attached hydrogens (tertiary/aromatic N) is 2. The molecule has 1 aliphatic rings. The van der Waals surface area contributed by atoms with Gasteiger partial charge in [-0.1, -0.05) is 30.3 Å². The van der Waals surface area contributed by atoms with Gasteiger partial charge in [-0.3, -0.25) is 9.69 Å². The summed E-state index contributed by atoms with van der Waals surface area (Å²) in [5.41, 5.74) is 1.33. The fourth-order valence-corrected chi connectivity index (χ4v) is 3.47. The van der Waals surface area contributed by atoms with E-state index in [2.05, 4.69) is 29.2 Å². The second-order valence-electron chi connectivity index (χ2n) is 6.94. The van der Waals surface area contributed by atoms with Crippen molar-refractivity contribution in [3.63, 3.8) is 0 Å². The Kier molecular flexibility index (Phi) is 11.5. The third kappa shape index (κ3) is 8.99. The summed E-state index contributed by atoms with van der Waals surface area (Å²) in [5, 5.41) is 8.93. The van der Waals surface area contributed by atoms with E-state index in [1.165, 1.54) is 5.56 Å². The highest BCUT2D eigenvalue weighted by Crippen LogP contribution is 2.15. The maximum atomic E-state index is 10.9. The van der Waals surface area contributed by atoms with Crippen LogP contribution in [0.5, 0.6) is 0 Å². The molecule has 0 bridgehead atoms. The molecule has 0 aromatic heterocycles. The maximum Gasteiger partial charge on any atom is 0.317 e. The minimum absolute atomic E-state index is 0. The number of ether oxygens (including phenoxy) is 1. The topological polar surface area (TPSA) is 53.0 Å². The number of hydrogen-bond donors (Lipinski definition) is 1. The van der Waals surface area contributed by atoms with Crippen LogP contribution in [0.15, 0.2) is 30.3 Å². The Bertz CT molecular complexity index is 501. The predicted octanol–water partition coefficient (Wildman–Crippen LogP) is 2.93. The molecule has 148 valence electrons. The van der Waals surface area contributed by atoms with E-state index in [4.69, 9.17) is 9.84 Å². The molecule has 1 aromatic carbocycles. The molecule has 1 saturated heterocycles. The van der Waals surface area contributed by atoms with Crippen molar-refractivity contribution in [1.29, 1.82) is 0 Å². The molecule has 6 heteroatoms. The zero-order chi connectivity index (χ0) is 17.9. The van der Waals surface area contributed by atoms with Crippen LogP contribution < -0.4 is 0 Å². The highest BCUT2D eigenvalue weighted by Gasteiger charge is 2.21. The molecule has 0 aliphatic carbocycles. The van der Waals surface area contributed by atoms with E-state index < -0.39 is 5.97 Å². The van der Waals surface area contributed by atoms with Crippen molar-refractivity contribution in [2.75, 3.05) is 46.4 Å². The number of benzene rings is 1. The summed E-state index contributed by atoms with van der Waals surface area (Å²) in [6.45, 7) is 4.97. The van der Waals surface area contributed by atoms with Crippen LogP contribution in [0.1, 0.15) is 31.2 Å². The average Bonchev–Trinajstić information content (AvgIpc) is 2.84. The van der Waals surface area contributed by atoms with E-state index in [-0.39, 0.29) is 19.0 Å². The van der Waals surface area contributed by atoms with Gasteiger partial charge in [0.1, 0.15) is 0 Å². The second-order valence-corrected chi connectivity index (χ2v) is 6.94. The third-order valence-electron chi connectivity index (χ3n) is 4.94. The number of aliphatic carboxylic acids is 1. The number of hydrogen-bond acceptors (Lipinski definition) is 4. The van der Waals surface area contributed by atoms with Crippen LogP contribution in [0.3, 0.4) is 0 Å². The normalized spacial score (nSPS) is 18.3. The van der Waals surface area contributed by atoms with Gasteiger partial charge in [-0.25, -0.2) is 0 Å². The molecule has 26 heavy (non-hydrogen) atoms. The number of carboxylic acids is 1. The minimum atomic E-state index is -0.740. The fourth-order valence-electron chi connectivity index (χ4n) is 3.47. The van der Waals surface area contributed by atoms with Gasteiger partial charge in [0, 0.05) is 19.2 Å². The van der Waals surface area contributed by atoms with Crippen LogP contribution in [-0.4, -0.2) is 73.4 Å². The first kappa shape index (κ1) is 22.9. The molecule has 2 rings (SSSR count). The lowest BCUT2D eigenvalue weighted by molar-refractivity contribution is -0.138. The quantitative estimate of drug-likeness (QED) is 0.628. The minimum Gasteiger partial charge on any atom is -0.480 e. The Labute approximate surface area is 163 Å². The number of likely N-dealkylation sites (tertiary alicyclic amines) is 1. The van der Waals surface area contributed by atoms with Gasteiger partial charge in [-0.2, -0.15) is 0 Å². The highest BCUT2D eigenvalue weighted by molar-refractivity contribution is 5.85. The van der Waals surface area contributed by atoms with Crippen molar-refractivity contribution in [3.05, 3.63) is 35.9 Å². The molecule has 1 aliphatic heterocycles.